The number of allylic oxidation sites excluding steroid dienone is 1. The van der Waals surface area contributed by atoms with Crippen molar-refractivity contribution in [2.75, 3.05) is 12.3 Å². The van der Waals surface area contributed by atoms with Crippen LogP contribution in [0.15, 0.2) is 12.7 Å². The zero-order valence-corrected chi connectivity index (χ0v) is 9.14. The molecule has 0 spiro atoms. The lowest BCUT2D eigenvalue weighted by Gasteiger charge is -2.19. The molecule has 0 aromatic heterocycles. The van der Waals surface area contributed by atoms with E-state index in [0.717, 1.165) is 6.42 Å². The Balaban J connectivity index is 4.13. The van der Waals surface area contributed by atoms with Gasteiger partial charge in [-0.3, -0.25) is 4.57 Å². The molecule has 0 rings (SSSR count). The van der Waals surface area contributed by atoms with Gasteiger partial charge in [0.25, 0.3) is 0 Å². The van der Waals surface area contributed by atoms with Gasteiger partial charge in [0.2, 0.25) is 7.37 Å². The van der Waals surface area contributed by atoms with Crippen molar-refractivity contribution in [3.05, 3.63) is 12.7 Å². The number of rotatable bonds is 6. The zero-order valence-electron chi connectivity index (χ0n) is 8.25. The third kappa shape index (κ3) is 4.08. The summed E-state index contributed by atoms with van der Waals surface area (Å²) in [5.74, 6) is 0. The van der Waals surface area contributed by atoms with Crippen molar-refractivity contribution < 1.29 is 9.09 Å². The Morgan fingerprint density at radius 3 is 2.50 bits per heavy atom. The minimum absolute atomic E-state index is 0.0933. The third-order valence-corrected chi connectivity index (χ3v) is 4.36. The maximum Gasteiger partial charge on any atom is 0.206 e. The van der Waals surface area contributed by atoms with Crippen LogP contribution in [-0.2, 0) is 9.09 Å². The van der Waals surface area contributed by atoms with Crippen LogP contribution in [0.25, 0.3) is 0 Å². The molecule has 0 aliphatic heterocycles. The van der Waals surface area contributed by atoms with Crippen molar-refractivity contribution in [1.29, 1.82) is 0 Å². The van der Waals surface area contributed by atoms with Gasteiger partial charge in [-0.2, -0.15) is 0 Å². The SMILES string of the molecule is C=CCP(=O)(CC)OC(C)CC. The number of hydrogen-bond donors (Lipinski definition) is 0. The molecule has 0 aromatic rings. The second kappa shape index (κ2) is 5.55. The Bertz CT molecular complexity index is 177. The summed E-state index contributed by atoms with van der Waals surface area (Å²) in [6, 6.07) is 0. The van der Waals surface area contributed by atoms with Crippen LogP contribution in [0.1, 0.15) is 27.2 Å². The van der Waals surface area contributed by atoms with Crippen LogP contribution in [0.5, 0.6) is 0 Å². The van der Waals surface area contributed by atoms with E-state index in [1.165, 1.54) is 0 Å². The normalized spacial score (nSPS) is 18.2. The second-order valence-electron chi connectivity index (χ2n) is 2.93. The van der Waals surface area contributed by atoms with E-state index in [2.05, 4.69) is 6.58 Å². The Morgan fingerprint density at radius 2 is 2.17 bits per heavy atom. The molecule has 0 N–H and O–H groups in total. The van der Waals surface area contributed by atoms with Crippen molar-refractivity contribution >= 4 is 7.37 Å². The first-order chi connectivity index (χ1) is 5.58. The Kier molecular flexibility index (Phi) is 5.52. The van der Waals surface area contributed by atoms with Crippen molar-refractivity contribution in [3.8, 4) is 0 Å². The van der Waals surface area contributed by atoms with E-state index >= 15 is 0 Å². The first-order valence-corrected chi connectivity index (χ1v) is 6.44. The van der Waals surface area contributed by atoms with Crippen molar-refractivity contribution in [1.82, 2.24) is 0 Å². The van der Waals surface area contributed by atoms with Crippen LogP contribution in [-0.4, -0.2) is 18.4 Å². The molecule has 12 heavy (non-hydrogen) atoms. The molecule has 0 amide bonds. The molecular weight excluding hydrogens is 171 g/mol. The Labute approximate surface area is 75.5 Å². The maximum absolute atomic E-state index is 11.9. The van der Waals surface area contributed by atoms with E-state index in [1.807, 2.05) is 20.8 Å². The number of hydrogen-bond acceptors (Lipinski definition) is 2. The van der Waals surface area contributed by atoms with Crippen LogP contribution in [0.3, 0.4) is 0 Å². The average Bonchev–Trinajstić information content (AvgIpc) is 2.05. The summed E-state index contributed by atoms with van der Waals surface area (Å²) in [5, 5.41) is 0. The van der Waals surface area contributed by atoms with Gasteiger partial charge >= 0.3 is 0 Å². The highest BCUT2D eigenvalue weighted by Crippen LogP contribution is 2.47. The van der Waals surface area contributed by atoms with Crippen LogP contribution >= 0.6 is 7.37 Å². The largest absolute Gasteiger partial charge is 0.325 e. The van der Waals surface area contributed by atoms with Gasteiger partial charge in [0.05, 0.1) is 6.10 Å². The lowest BCUT2D eigenvalue weighted by molar-refractivity contribution is 0.221. The standard InChI is InChI=1S/C9H19O2P/c1-5-8-12(10,7-3)11-9(4)6-2/h5,9H,1,6-8H2,2-4H3. The summed E-state index contributed by atoms with van der Waals surface area (Å²) in [6.07, 6.45) is 3.76. The summed E-state index contributed by atoms with van der Waals surface area (Å²) in [7, 11) is -2.39. The highest BCUT2D eigenvalue weighted by atomic mass is 31.2. The van der Waals surface area contributed by atoms with E-state index in [-0.39, 0.29) is 6.10 Å². The smallest absolute Gasteiger partial charge is 0.206 e. The van der Waals surface area contributed by atoms with Crippen molar-refractivity contribution in [3.63, 3.8) is 0 Å². The van der Waals surface area contributed by atoms with Gasteiger partial charge in [-0.25, -0.2) is 0 Å². The summed E-state index contributed by atoms with van der Waals surface area (Å²) in [6.45, 7) is 9.45. The molecule has 2 unspecified atom stereocenters. The van der Waals surface area contributed by atoms with Crippen molar-refractivity contribution in [2.24, 2.45) is 0 Å². The quantitative estimate of drug-likeness (QED) is 0.474. The highest BCUT2D eigenvalue weighted by molar-refractivity contribution is 7.59. The van der Waals surface area contributed by atoms with Crippen LogP contribution in [0.4, 0.5) is 0 Å². The van der Waals surface area contributed by atoms with Crippen LogP contribution in [0, 0.1) is 0 Å². The molecule has 0 aromatic carbocycles. The van der Waals surface area contributed by atoms with Gasteiger partial charge in [-0.1, -0.05) is 19.9 Å². The molecular formula is C9H19O2P. The topological polar surface area (TPSA) is 26.3 Å². The molecule has 0 saturated heterocycles. The van der Waals surface area contributed by atoms with E-state index in [0.29, 0.717) is 12.3 Å². The van der Waals surface area contributed by atoms with Gasteiger partial charge in [0.15, 0.2) is 0 Å². The lowest BCUT2D eigenvalue weighted by Crippen LogP contribution is -2.07. The van der Waals surface area contributed by atoms with Gasteiger partial charge in [-0.05, 0) is 13.3 Å². The molecule has 2 atom stereocenters. The summed E-state index contributed by atoms with van der Waals surface area (Å²) in [5.41, 5.74) is 0. The summed E-state index contributed by atoms with van der Waals surface area (Å²) >= 11 is 0. The zero-order chi connectivity index (χ0) is 9.61. The predicted molar refractivity (Wildman–Crippen MR) is 54.0 cm³/mol. The molecule has 0 aliphatic carbocycles. The molecule has 0 bridgehead atoms. The van der Waals surface area contributed by atoms with Crippen molar-refractivity contribution in [2.45, 2.75) is 33.3 Å². The fourth-order valence-electron chi connectivity index (χ4n) is 0.846. The Morgan fingerprint density at radius 1 is 1.58 bits per heavy atom. The van der Waals surface area contributed by atoms with E-state index in [9.17, 15) is 4.57 Å². The summed E-state index contributed by atoms with van der Waals surface area (Å²) < 4.78 is 17.3. The first kappa shape index (κ1) is 11.9. The highest BCUT2D eigenvalue weighted by Gasteiger charge is 2.20. The minimum atomic E-state index is -2.39. The van der Waals surface area contributed by atoms with Gasteiger partial charge in [0, 0.05) is 12.3 Å². The fraction of sp³-hybridized carbons (Fsp3) is 0.778. The minimum Gasteiger partial charge on any atom is -0.325 e. The first-order valence-electron chi connectivity index (χ1n) is 4.45. The van der Waals surface area contributed by atoms with E-state index in [1.54, 1.807) is 6.08 Å². The van der Waals surface area contributed by atoms with Crippen LogP contribution < -0.4 is 0 Å². The Hall–Kier alpha value is -0.0700. The monoisotopic (exact) mass is 190 g/mol. The summed E-state index contributed by atoms with van der Waals surface area (Å²) in [4.78, 5) is 0. The molecule has 0 aliphatic rings. The average molecular weight is 190 g/mol. The second-order valence-corrected chi connectivity index (χ2v) is 5.76. The molecule has 72 valence electrons. The van der Waals surface area contributed by atoms with E-state index < -0.39 is 7.37 Å². The van der Waals surface area contributed by atoms with E-state index in [4.69, 9.17) is 4.52 Å². The van der Waals surface area contributed by atoms with Crippen LogP contribution in [0.2, 0.25) is 0 Å². The predicted octanol–water partition coefficient (Wildman–Crippen LogP) is 3.29. The molecule has 0 radical (unpaired) electrons. The molecule has 0 fully saturated rings. The lowest BCUT2D eigenvalue weighted by atomic mass is 10.3. The molecule has 2 nitrogen and oxygen atoms in total. The molecule has 3 heteroatoms. The maximum atomic E-state index is 11.9. The third-order valence-electron chi connectivity index (χ3n) is 1.84. The fourth-order valence-corrected chi connectivity index (χ4v) is 2.54. The molecule has 0 saturated carbocycles. The van der Waals surface area contributed by atoms with Gasteiger partial charge < -0.3 is 4.52 Å². The molecule has 0 heterocycles. The van der Waals surface area contributed by atoms with Gasteiger partial charge in [-0.15, -0.1) is 6.58 Å². The van der Waals surface area contributed by atoms with Gasteiger partial charge in [0.1, 0.15) is 0 Å².